The van der Waals surface area contributed by atoms with Crippen molar-refractivity contribution in [2.24, 2.45) is 0 Å². The van der Waals surface area contributed by atoms with Crippen LogP contribution in [0.1, 0.15) is 44.9 Å². The Bertz CT molecular complexity index is 2650. The topological polar surface area (TPSA) is 102 Å². The van der Waals surface area contributed by atoms with E-state index >= 15 is 0 Å². The molecule has 0 radical (unpaired) electrons. The van der Waals surface area contributed by atoms with Crippen molar-refractivity contribution in [1.82, 2.24) is 18.7 Å². The summed E-state index contributed by atoms with van der Waals surface area (Å²) in [5.41, 5.74) is 9.08. The number of H-pyrrole nitrogens is 1. The maximum absolute atomic E-state index is 13.9. The average Bonchev–Trinajstić information content (AvgIpc) is 3.79. The molecule has 8 aromatic rings. The number of aromatic amines is 1. The number of carboxylic acids is 1. The van der Waals surface area contributed by atoms with Crippen LogP contribution < -0.4 is 11.4 Å². The molecular weight excluding hydrogens is 733 g/mol. The number of rotatable bonds is 15. The molecule has 0 aliphatic carbocycles. The zero-order valence-corrected chi connectivity index (χ0v) is 33.0. The summed E-state index contributed by atoms with van der Waals surface area (Å²) in [4.78, 5) is 40.3. The van der Waals surface area contributed by atoms with Crippen molar-refractivity contribution in [3.8, 4) is 56.4 Å². The van der Waals surface area contributed by atoms with Crippen LogP contribution in [0.25, 0.3) is 56.4 Å². The van der Waals surface area contributed by atoms with E-state index in [9.17, 15) is 14.4 Å². The van der Waals surface area contributed by atoms with E-state index in [-0.39, 0.29) is 17.8 Å². The molecule has 8 rings (SSSR count). The standard InChI is InChI=1S/C30H32N2O3.C21H16N2O/c33-27(34)22-14-3-1-2-4-15-23-31-28(24-16-8-5-9-17-24)29(25-18-10-6-11-19-25)32(30(31)35)26-20-12-7-13-21-26;24-21-22-19(16-10-4-1-5-11-16)20(17-12-6-2-7-13-17)23(21)18-14-8-3-9-15-18/h5-13,16-21H,1-4,14-15,22-23H2,(H,33,34);1-15H,(H,22,24). The molecule has 2 N–H and O–H groups in total. The third-order valence-corrected chi connectivity index (χ3v) is 10.3. The molecule has 296 valence electrons. The van der Waals surface area contributed by atoms with Gasteiger partial charge in [-0.3, -0.25) is 18.5 Å². The van der Waals surface area contributed by atoms with Gasteiger partial charge in [-0.2, -0.15) is 0 Å². The summed E-state index contributed by atoms with van der Waals surface area (Å²) in [5.74, 6) is -0.727. The molecule has 0 atom stereocenters. The van der Waals surface area contributed by atoms with Crippen molar-refractivity contribution < 1.29 is 9.90 Å². The minimum absolute atomic E-state index is 0.0321. The summed E-state index contributed by atoms with van der Waals surface area (Å²) in [7, 11) is 0. The Morgan fingerprint density at radius 2 is 0.831 bits per heavy atom. The highest BCUT2D eigenvalue weighted by molar-refractivity contribution is 5.81. The second-order valence-electron chi connectivity index (χ2n) is 14.4. The largest absolute Gasteiger partial charge is 0.481 e. The van der Waals surface area contributed by atoms with E-state index in [1.807, 2.05) is 167 Å². The van der Waals surface area contributed by atoms with Gasteiger partial charge >= 0.3 is 17.3 Å². The fourth-order valence-corrected chi connectivity index (χ4v) is 7.52. The summed E-state index contributed by atoms with van der Waals surface area (Å²) in [6, 6.07) is 59.7. The average molecular weight is 781 g/mol. The van der Waals surface area contributed by atoms with Crippen molar-refractivity contribution >= 4 is 5.97 Å². The molecule has 0 aliphatic heterocycles. The number of carbonyl (C=O) groups is 1. The van der Waals surface area contributed by atoms with Crippen LogP contribution in [-0.4, -0.2) is 29.8 Å². The van der Waals surface area contributed by atoms with Gasteiger partial charge in [0.15, 0.2) is 0 Å². The van der Waals surface area contributed by atoms with Crippen molar-refractivity contribution in [2.75, 3.05) is 0 Å². The fraction of sp³-hybridized carbons (Fsp3) is 0.157. The van der Waals surface area contributed by atoms with Gasteiger partial charge in [-0.25, -0.2) is 9.59 Å². The normalized spacial score (nSPS) is 10.8. The van der Waals surface area contributed by atoms with Gasteiger partial charge < -0.3 is 10.1 Å². The van der Waals surface area contributed by atoms with Crippen molar-refractivity contribution in [3.05, 3.63) is 203 Å². The van der Waals surface area contributed by atoms with Crippen LogP contribution in [-0.2, 0) is 11.3 Å². The molecule has 8 nitrogen and oxygen atoms in total. The number of aromatic nitrogens is 4. The van der Waals surface area contributed by atoms with E-state index in [0.29, 0.717) is 6.54 Å². The first-order valence-corrected chi connectivity index (χ1v) is 20.3. The summed E-state index contributed by atoms with van der Waals surface area (Å²) in [6.45, 7) is 0.637. The monoisotopic (exact) mass is 780 g/mol. The minimum Gasteiger partial charge on any atom is -0.481 e. The molecular formula is C51H48N4O4. The van der Waals surface area contributed by atoms with Gasteiger partial charge in [0.05, 0.1) is 34.2 Å². The van der Waals surface area contributed by atoms with Crippen LogP contribution in [0.2, 0.25) is 0 Å². The Balaban J connectivity index is 0.000000191. The maximum Gasteiger partial charge on any atom is 0.333 e. The second-order valence-corrected chi connectivity index (χ2v) is 14.4. The van der Waals surface area contributed by atoms with Crippen LogP contribution in [0.15, 0.2) is 192 Å². The number of hydrogen-bond donors (Lipinski definition) is 2. The SMILES string of the molecule is O=C(O)CCCCCCCCn1c(-c2ccccc2)c(-c2ccccc2)n(-c2ccccc2)c1=O.O=c1[nH]c(-c2ccccc2)c(-c2ccccc2)n1-c1ccccc1. The fourth-order valence-electron chi connectivity index (χ4n) is 7.52. The number of benzene rings is 6. The van der Waals surface area contributed by atoms with Crippen LogP contribution in [0, 0.1) is 0 Å². The summed E-state index contributed by atoms with van der Waals surface area (Å²) >= 11 is 0. The third kappa shape index (κ3) is 9.68. The summed E-state index contributed by atoms with van der Waals surface area (Å²) in [5, 5.41) is 8.78. The predicted molar refractivity (Wildman–Crippen MR) is 238 cm³/mol. The highest BCUT2D eigenvalue weighted by Gasteiger charge is 2.23. The van der Waals surface area contributed by atoms with Gasteiger partial charge in [0, 0.05) is 35.2 Å². The molecule has 0 amide bonds. The Morgan fingerprint density at radius 1 is 0.441 bits per heavy atom. The van der Waals surface area contributed by atoms with Crippen molar-refractivity contribution in [2.45, 2.75) is 51.5 Å². The van der Waals surface area contributed by atoms with E-state index in [2.05, 4.69) is 29.2 Å². The number of nitrogens with one attached hydrogen (secondary N) is 1. The highest BCUT2D eigenvalue weighted by atomic mass is 16.4. The number of nitrogens with zero attached hydrogens (tertiary/aromatic N) is 3. The summed E-state index contributed by atoms with van der Waals surface area (Å²) in [6.07, 6.45) is 5.87. The Morgan fingerprint density at radius 3 is 1.32 bits per heavy atom. The van der Waals surface area contributed by atoms with Crippen LogP contribution in [0.3, 0.4) is 0 Å². The van der Waals surface area contributed by atoms with E-state index in [1.165, 1.54) is 0 Å². The molecule has 8 heteroatoms. The van der Waals surface area contributed by atoms with E-state index < -0.39 is 5.97 Å². The molecule has 0 saturated carbocycles. The lowest BCUT2D eigenvalue weighted by molar-refractivity contribution is -0.137. The van der Waals surface area contributed by atoms with Crippen LogP contribution in [0.4, 0.5) is 0 Å². The van der Waals surface area contributed by atoms with Crippen molar-refractivity contribution in [1.29, 1.82) is 0 Å². The molecule has 0 fully saturated rings. The Hall–Kier alpha value is -7.19. The smallest absolute Gasteiger partial charge is 0.333 e. The zero-order chi connectivity index (χ0) is 40.8. The maximum atomic E-state index is 13.9. The third-order valence-electron chi connectivity index (χ3n) is 10.3. The number of hydrogen-bond acceptors (Lipinski definition) is 3. The predicted octanol–water partition coefficient (Wildman–Crippen LogP) is 11.3. The number of unbranched alkanes of at least 4 members (excludes halogenated alkanes) is 5. The van der Waals surface area contributed by atoms with Gasteiger partial charge in [-0.1, -0.05) is 183 Å². The lowest BCUT2D eigenvalue weighted by atomic mass is 10.0. The lowest BCUT2D eigenvalue weighted by Crippen LogP contribution is -2.24. The summed E-state index contributed by atoms with van der Waals surface area (Å²) < 4.78 is 5.50. The van der Waals surface area contributed by atoms with E-state index in [1.54, 1.807) is 4.57 Å². The molecule has 2 aromatic heterocycles. The van der Waals surface area contributed by atoms with Crippen LogP contribution in [0.5, 0.6) is 0 Å². The first-order chi connectivity index (χ1) is 29.0. The molecule has 0 bridgehead atoms. The molecule has 59 heavy (non-hydrogen) atoms. The molecule has 2 heterocycles. The molecule has 0 saturated heterocycles. The first kappa shape index (κ1) is 40.0. The minimum atomic E-state index is -0.727. The van der Waals surface area contributed by atoms with Gasteiger partial charge in [0.25, 0.3) is 0 Å². The number of aliphatic carboxylic acids is 1. The van der Waals surface area contributed by atoms with Gasteiger partial charge in [-0.15, -0.1) is 0 Å². The molecule has 0 unspecified atom stereocenters. The quantitative estimate of drug-likeness (QED) is 0.101. The zero-order valence-electron chi connectivity index (χ0n) is 33.0. The van der Waals surface area contributed by atoms with E-state index in [4.69, 9.17) is 5.11 Å². The van der Waals surface area contributed by atoms with Gasteiger partial charge in [-0.05, 0) is 37.1 Å². The first-order valence-electron chi connectivity index (χ1n) is 20.3. The van der Waals surface area contributed by atoms with Gasteiger partial charge in [0.2, 0.25) is 0 Å². The molecule has 0 aliphatic rings. The molecule has 0 spiro atoms. The van der Waals surface area contributed by atoms with Crippen molar-refractivity contribution in [3.63, 3.8) is 0 Å². The van der Waals surface area contributed by atoms with Gasteiger partial charge in [0.1, 0.15) is 0 Å². The number of para-hydroxylation sites is 2. The number of imidazole rings is 2. The highest BCUT2D eigenvalue weighted by Crippen LogP contribution is 2.34. The lowest BCUT2D eigenvalue weighted by Gasteiger charge is -2.12. The van der Waals surface area contributed by atoms with Crippen LogP contribution >= 0.6 is 0 Å². The Kier molecular flexibility index (Phi) is 13.4. The van der Waals surface area contributed by atoms with E-state index in [0.717, 1.165) is 94.9 Å². The number of carboxylic acid groups (broad SMARTS) is 1. The second kappa shape index (κ2) is 19.8. The molecule has 6 aromatic carbocycles. The Labute approximate surface area is 344 Å².